The van der Waals surface area contributed by atoms with Crippen LogP contribution in [-0.4, -0.2) is 40.1 Å². The number of anilines is 1. The summed E-state index contributed by atoms with van der Waals surface area (Å²) in [6.45, 7) is 0. The summed E-state index contributed by atoms with van der Waals surface area (Å²) in [7, 11) is 0. The number of hydrogen-bond acceptors (Lipinski definition) is 5. The maximum atomic E-state index is 12.4. The number of aliphatic hydroxyl groups excluding tert-OH is 1. The third-order valence-electron chi connectivity index (χ3n) is 3.49. The molecule has 7 heteroatoms. The van der Waals surface area contributed by atoms with E-state index in [0.717, 1.165) is 4.90 Å². The Morgan fingerprint density at radius 2 is 1.95 bits per heavy atom. The SMILES string of the molecule is O=C1CCC(N2C(=O)c3ccccc3NC2O)C(=O)N1. The van der Waals surface area contributed by atoms with Crippen molar-refractivity contribution in [2.45, 2.75) is 25.2 Å². The lowest BCUT2D eigenvalue weighted by atomic mass is 10.0. The number of amides is 3. The van der Waals surface area contributed by atoms with Gasteiger partial charge in [-0.2, -0.15) is 0 Å². The molecule has 3 rings (SSSR count). The van der Waals surface area contributed by atoms with E-state index in [1.54, 1.807) is 24.3 Å². The van der Waals surface area contributed by atoms with Gasteiger partial charge in [0, 0.05) is 6.42 Å². The molecule has 0 radical (unpaired) electrons. The molecule has 1 saturated heterocycles. The third kappa shape index (κ3) is 1.92. The molecule has 3 amide bonds. The minimum atomic E-state index is -1.29. The van der Waals surface area contributed by atoms with E-state index in [1.165, 1.54) is 0 Å². The fourth-order valence-corrected chi connectivity index (χ4v) is 2.51. The van der Waals surface area contributed by atoms with Crippen LogP contribution in [0.5, 0.6) is 0 Å². The predicted octanol–water partition coefficient (Wildman–Crippen LogP) is -0.365. The van der Waals surface area contributed by atoms with Crippen LogP contribution < -0.4 is 10.6 Å². The van der Waals surface area contributed by atoms with Crippen LogP contribution in [0.2, 0.25) is 0 Å². The maximum absolute atomic E-state index is 12.4. The van der Waals surface area contributed by atoms with E-state index in [0.29, 0.717) is 11.3 Å². The van der Waals surface area contributed by atoms with Crippen LogP contribution >= 0.6 is 0 Å². The lowest BCUT2D eigenvalue weighted by Crippen LogP contribution is -2.60. The van der Waals surface area contributed by atoms with Crippen LogP contribution in [0.1, 0.15) is 23.2 Å². The van der Waals surface area contributed by atoms with Crippen LogP contribution in [0.3, 0.4) is 0 Å². The molecule has 7 nitrogen and oxygen atoms in total. The van der Waals surface area contributed by atoms with Gasteiger partial charge in [0.2, 0.25) is 18.2 Å². The number of aliphatic hydroxyl groups is 1. The molecule has 2 unspecified atom stereocenters. The monoisotopic (exact) mass is 275 g/mol. The quantitative estimate of drug-likeness (QED) is 0.608. The van der Waals surface area contributed by atoms with Gasteiger partial charge in [0.25, 0.3) is 5.91 Å². The summed E-state index contributed by atoms with van der Waals surface area (Å²) in [5, 5.41) is 15.0. The average Bonchev–Trinajstić information content (AvgIpc) is 2.41. The van der Waals surface area contributed by atoms with Crippen molar-refractivity contribution in [2.24, 2.45) is 0 Å². The Morgan fingerprint density at radius 3 is 2.70 bits per heavy atom. The molecule has 2 aliphatic rings. The Morgan fingerprint density at radius 1 is 1.20 bits per heavy atom. The van der Waals surface area contributed by atoms with E-state index >= 15 is 0 Å². The molecule has 1 aromatic carbocycles. The largest absolute Gasteiger partial charge is 0.356 e. The number of imide groups is 1. The second kappa shape index (κ2) is 4.61. The van der Waals surface area contributed by atoms with E-state index in [-0.39, 0.29) is 18.7 Å². The average molecular weight is 275 g/mol. The Bertz CT molecular complexity index is 601. The number of nitrogens with one attached hydrogen (secondary N) is 2. The summed E-state index contributed by atoms with van der Waals surface area (Å²) in [5.41, 5.74) is 0.913. The van der Waals surface area contributed by atoms with E-state index in [4.69, 9.17) is 0 Å². The van der Waals surface area contributed by atoms with Gasteiger partial charge in [0.1, 0.15) is 6.04 Å². The van der Waals surface area contributed by atoms with Crippen molar-refractivity contribution in [2.75, 3.05) is 5.32 Å². The van der Waals surface area contributed by atoms with Gasteiger partial charge in [0.05, 0.1) is 11.3 Å². The lowest BCUT2D eigenvalue weighted by Gasteiger charge is -2.39. The third-order valence-corrected chi connectivity index (χ3v) is 3.49. The molecule has 2 atom stereocenters. The number of carbonyl (C=O) groups is 3. The molecular formula is C13H13N3O4. The van der Waals surface area contributed by atoms with Gasteiger partial charge in [-0.3, -0.25) is 24.6 Å². The molecule has 0 aromatic heterocycles. The van der Waals surface area contributed by atoms with Crippen molar-refractivity contribution >= 4 is 23.4 Å². The van der Waals surface area contributed by atoms with Crippen molar-refractivity contribution in [1.82, 2.24) is 10.2 Å². The van der Waals surface area contributed by atoms with Crippen molar-refractivity contribution < 1.29 is 19.5 Å². The van der Waals surface area contributed by atoms with Gasteiger partial charge >= 0.3 is 0 Å². The molecule has 2 heterocycles. The zero-order chi connectivity index (χ0) is 14.3. The molecular weight excluding hydrogens is 262 g/mol. The number of carbonyl (C=O) groups excluding carboxylic acids is 3. The topological polar surface area (TPSA) is 98.7 Å². The van der Waals surface area contributed by atoms with Crippen molar-refractivity contribution in [3.63, 3.8) is 0 Å². The first kappa shape index (κ1) is 12.6. The van der Waals surface area contributed by atoms with E-state index in [1.807, 2.05) is 0 Å². The second-order valence-corrected chi connectivity index (χ2v) is 4.74. The van der Waals surface area contributed by atoms with Gasteiger partial charge < -0.3 is 10.4 Å². The Kier molecular flexibility index (Phi) is 2.90. The molecule has 1 aromatic rings. The first-order valence-corrected chi connectivity index (χ1v) is 6.28. The number of rotatable bonds is 1. The molecule has 0 aliphatic carbocycles. The number of fused-ring (bicyclic) bond motifs is 1. The van der Waals surface area contributed by atoms with Crippen LogP contribution in [0.4, 0.5) is 5.69 Å². The van der Waals surface area contributed by atoms with Crippen LogP contribution in [0.15, 0.2) is 24.3 Å². The second-order valence-electron chi connectivity index (χ2n) is 4.74. The minimum Gasteiger partial charge on any atom is -0.356 e. The fraction of sp³-hybridized carbons (Fsp3) is 0.308. The van der Waals surface area contributed by atoms with Crippen LogP contribution in [0, 0.1) is 0 Å². The fourth-order valence-electron chi connectivity index (χ4n) is 2.51. The summed E-state index contributed by atoms with van der Waals surface area (Å²) in [6.07, 6.45) is -0.937. The highest BCUT2D eigenvalue weighted by atomic mass is 16.3. The molecule has 20 heavy (non-hydrogen) atoms. The molecule has 104 valence electrons. The Balaban J connectivity index is 1.93. The molecule has 0 saturated carbocycles. The van der Waals surface area contributed by atoms with Crippen molar-refractivity contribution in [3.8, 4) is 0 Å². The van der Waals surface area contributed by atoms with E-state index in [2.05, 4.69) is 10.6 Å². The maximum Gasteiger partial charge on any atom is 0.260 e. The zero-order valence-electron chi connectivity index (χ0n) is 10.5. The van der Waals surface area contributed by atoms with E-state index < -0.39 is 24.2 Å². The van der Waals surface area contributed by atoms with Crippen molar-refractivity contribution in [1.29, 1.82) is 0 Å². The van der Waals surface area contributed by atoms with Gasteiger partial charge in [-0.05, 0) is 18.6 Å². The predicted molar refractivity (Wildman–Crippen MR) is 68.4 cm³/mol. The summed E-state index contributed by atoms with van der Waals surface area (Å²) in [4.78, 5) is 36.5. The highest BCUT2D eigenvalue weighted by Crippen LogP contribution is 2.27. The standard InChI is InChI=1S/C13H13N3O4/c17-10-6-5-9(11(18)15-10)16-12(19)7-3-1-2-4-8(7)14-13(16)20/h1-4,9,13-14,20H,5-6H2,(H,15,17,18). The highest BCUT2D eigenvalue weighted by Gasteiger charge is 2.41. The lowest BCUT2D eigenvalue weighted by molar-refractivity contribution is -0.139. The zero-order valence-corrected chi connectivity index (χ0v) is 10.5. The summed E-state index contributed by atoms with van der Waals surface area (Å²) in [6, 6.07) is 5.90. The number of benzene rings is 1. The number of hydrogen-bond donors (Lipinski definition) is 3. The van der Waals surface area contributed by atoms with Gasteiger partial charge in [-0.25, -0.2) is 0 Å². The highest BCUT2D eigenvalue weighted by molar-refractivity contribution is 6.06. The summed E-state index contributed by atoms with van der Waals surface area (Å²) in [5.74, 6) is -1.35. The molecule has 3 N–H and O–H groups in total. The Labute approximate surface area is 114 Å². The smallest absolute Gasteiger partial charge is 0.260 e. The minimum absolute atomic E-state index is 0.147. The first-order valence-electron chi connectivity index (χ1n) is 6.28. The van der Waals surface area contributed by atoms with Gasteiger partial charge in [-0.15, -0.1) is 0 Å². The number of para-hydroxylation sites is 1. The normalized spacial score (nSPS) is 25.9. The molecule has 0 spiro atoms. The van der Waals surface area contributed by atoms with Crippen LogP contribution in [-0.2, 0) is 9.59 Å². The number of piperidine rings is 1. The van der Waals surface area contributed by atoms with Crippen LogP contribution in [0.25, 0.3) is 0 Å². The molecule has 1 fully saturated rings. The Hall–Kier alpha value is -2.41. The van der Waals surface area contributed by atoms with E-state index in [9.17, 15) is 19.5 Å². The molecule has 2 aliphatic heterocycles. The number of nitrogens with zero attached hydrogens (tertiary/aromatic N) is 1. The summed E-state index contributed by atoms with van der Waals surface area (Å²) >= 11 is 0. The van der Waals surface area contributed by atoms with Gasteiger partial charge in [-0.1, -0.05) is 12.1 Å². The van der Waals surface area contributed by atoms with Crippen molar-refractivity contribution in [3.05, 3.63) is 29.8 Å². The summed E-state index contributed by atoms with van der Waals surface area (Å²) < 4.78 is 0. The molecule has 0 bridgehead atoms. The first-order chi connectivity index (χ1) is 9.58. The van der Waals surface area contributed by atoms with Gasteiger partial charge in [0.15, 0.2) is 0 Å².